The summed E-state index contributed by atoms with van der Waals surface area (Å²) in [5.41, 5.74) is 1.25. The number of rotatable bonds is 5. The standard InChI is InChI=1S/C11H15IO/c1-10(7-8-12)13-9-11-5-3-2-4-6-11/h2-6,10H,7-9H2,1H3/t10-/m0/s1. The van der Waals surface area contributed by atoms with E-state index in [0.717, 1.165) is 17.5 Å². The minimum atomic E-state index is 0.372. The van der Waals surface area contributed by atoms with Crippen molar-refractivity contribution >= 4 is 22.6 Å². The summed E-state index contributed by atoms with van der Waals surface area (Å²) in [4.78, 5) is 0. The number of hydrogen-bond acceptors (Lipinski definition) is 1. The Labute approximate surface area is 93.6 Å². The fourth-order valence-electron chi connectivity index (χ4n) is 1.05. The molecule has 1 aromatic rings. The lowest BCUT2D eigenvalue weighted by Gasteiger charge is -2.11. The maximum absolute atomic E-state index is 5.66. The van der Waals surface area contributed by atoms with Gasteiger partial charge in [0.15, 0.2) is 0 Å². The van der Waals surface area contributed by atoms with E-state index in [-0.39, 0.29) is 0 Å². The second-order valence-electron chi connectivity index (χ2n) is 3.08. The molecule has 0 amide bonds. The molecule has 0 saturated carbocycles. The van der Waals surface area contributed by atoms with Crippen LogP contribution in [0.2, 0.25) is 0 Å². The Bertz CT molecular complexity index is 223. The lowest BCUT2D eigenvalue weighted by Crippen LogP contribution is -2.08. The third-order valence-electron chi connectivity index (χ3n) is 1.89. The Hall–Kier alpha value is -0.0900. The molecule has 1 rings (SSSR count). The molecule has 13 heavy (non-hydrogen) atoms. The number of alkyl halides is 1. The van der Waals surface area contributed by atoms with E-state index >= 15 is 0 Å². The third kappa shape index (κ3) is 4.62. The minimum absolute atomic E-state index is 0.372. The molecular formula is C11H15IO. The Morgan fingerprint density at radius 3 is 2.62 bits per heavy atom. The van der Waals surface area contributed by atoms with Gasteiger partial charge in [-0.25, -0.2) is 0 Å². The summed E-state index contributed by atoms with van der Waals surface area (Å²) < 4.78 is 6.82. The number of ether oxygens (including phenoxy) is 1. The first-order valence-corrected chi connectivity index (χ1v) is 6.07. The zero-order valence-electron chi connectivity index (χ0n) is 7.87. The van der Waals surface area contributed by atoms with Crippen LogP contribution in [0, 0.1) is 0 Å². The molecule has 1 aromatic carbocycles. The zero-order chi connectivity index (χ0) is 9.52. The van der Waals surface area contributed by atoms with Gasteiger partial charge >= 0.3 is 0 Å². The van der Waals surface area contributed by atoms with Crippen molar-refractivity contribution in [3.05, 3.63) is 35.9 Å². The maximum atomic E-state index is 5.66. The molecule has 0 bridgehead atoms. The Morgan fingerprint density at radius 1 is 1.31 bits per heavy atom. The van der Waals surface area contributed by atoms with Gasteiger partial charge in [0.05, 0.1) is 12.7 Å². The van der Waals surface area contributed by atoms with Crippen LogP contribution in [0.3, 0.4) is 0 Å². The summed E-state index contributed by atoms with van der Waals surface area (Å²) >= 11 is 2.38. The summed E-state index contributed by atoms with van der Waals surface area (Å²) in [5.74, 6) is 0. The zero-order valence-corrected chi connectivity index (χ0v) is 10.0. The number of benzene rings is 1. The Kier molecular flexibility index (Phi) is 5.39. The van der Waals surface area contributed by atoms with Crippen LogP contribution in [0.25, 0.3) is 0 Å². The quantitative estimate of drug-likeness (QED) is 0.596. The molecule has 0 fully saturated rings. The Morgan fingerprint density at radius 2 is 2.00 bits per heavy atom. The van der Waals surface area contributed by atoms with Crippen LogP contribution < -0.4 is 0 Å². The molecule has 0 heterocycles. The monoisotopic (exact) mass is 290 g/mol. The summed E-state index contributed by atoms with van der Waals surface area (Å²) in [6, 6.07) is 10.3. The van der Waals surface area contributed by atoms with Crippen LogP contribution in [-0.2, 0) is 11.3 Å². The van der Waals surface area contributed by atoms with E-state index < -0.39 is 0 Å². The van der Waals surface area contributed by atoms with E-state index in [0.29, 0.717) is 6.10 Å². The average Bonchev–Trinajstić information content (AvgIpc) is 2.17. The highest BCUT2D eigenvalue weighted by Gasteiger charge is 2.00. The van der Waals surface area contributed by atoms with E-state index in [2.05, 4.69) is 41.6 Å². The molecule has 0 aliphatic heterocycles. The van der Waals surface area contributed by atoms with Gasteiger partial charge in [-0.05, 0) is 18.9 Å². The normalized spacial score (nSPS) is 12.8. The van der Waals surface area contributed by atoms with Crippen molar-refractivity contribution in [2.45, 2.75) is 26.1 Å². The highest BCUT2D eigenvalue weighted by atomic mass is 127. The molecule has 0 N–H and O–H groups in total. The van der Waals surface area contributed by atoms with Crippen LogP contribution in [-0.4, -0.2) is 10.5 Å². The minimum Gasteiger partial charge on any atom is -0.374 e. The number of hydrogen-bond donors (Lipinski definition) is 0. The highest BCUT2D eigenvalue weighted by Crippen LogP contribution is 2.06. The molecule has 1 atom stereocenters. The second-order valence-corrected chi connectivity index (χ2v) is 4.16. The van der Waals surface area contributed by atoms with E-state index in [1.807, 2.05) is 18.2 Å². The second kappa shape index (κ2) is 6.38. The summed E-state index contributed by atoms with van der Waals surface area (Å²) in [7, 11) is 0. The van der Waals surface area contributed by atoms with Crippen molar-refractivity contribution in [1.82, 2.24) is 0 Å². The van der Waals surface area contributed by atoms with Crippen LogP contribution >= 0.6 is 22.6 Å². The number of halogens is 1. The van der Waals surface area contributed by atoms with Gasteiger partial charge in [-0.3, -0.25) is 0 Å². The molecule has 0 unspecified atom stereocenters. The molecule has 0 saturated heterocycles. The molecule has 0 spiro atoms. The van der Waals surface area contributed by atoms with Crippen molar-refractivity contribution in [2.24, 2.45) is 0 Å². The van der Waals surface area contributed by atoms with Crippen molar-refractivity contribution in [3.8, 4) is 0 Å². The molecule has 1 nitrogen and oxygen atoms in total. The average molecular weight is 290 g/mol. The maximum Gasteiger partial charge on any atom is 0.0720 e. The molecular weight excluding hydrogens is 275 g/mol. The fourth-order valence-corrected chi connectivity index (χ4v) is 1.93. The van der Waals surface area contributed by atoms with Gasteiger partial charge in [-0.2, -0.15) is 0 Å². The molecule has 72 valence electrons. The van der Waals surface area contributed by atoms with Gasteiger partial charge in [0.2, 0.25) is 0 Å². The predicted molar refractivity (Wildman–Crippen MR) is 64.2 cm³/mol. The Balaban J connectivity index is 2.27. The van der Waals surface area contributed by atoms with Crippen LogP contribution in [0.5, 0.6) is 0 Å². The molecule has 0 aromatic heterocycles. The predicted octanol–water partition coefficient (Wildman–Crippen LogP) is 3.42. The van der Waals surface area contributed by atoms with Gasteiger partial charge in [0, 0.05) is 4.43 Å². The SMILES string of the molecule is C[C@@H](CCI)OCc1ccccc1. The smallest absolute Gasteiger partial charge is 0.0720 e. The molecule has 2 heteroatoms. The van der Waals surface area contributed by atoms with Crippen LogP contribution in [0.1, 0.15) is 18.9 Å². The fraction of sp³-hybridized carbons (Fsp3) is 0.455. The lowest BCUT2D eigenvalue weighted by atomic mass is 10.2. The van der Waals surface area contributed by atoms with Crippen LogP contribution in [0.15, 0.2) is 30.3 Å². The first kappa shape index (κ1) is 11.0. The molecule has 0 aliphatic carbocycles. The van der Waals surface area contributed by atoms with E-state index in [1.165, 1.54) is 5.56 Å². The molecule has 0 aliphatic rings. The first-order chi connectivity index (χ1) is 6.33. The van der Waals surface area contributed by atoms with Gasteiger partial charge in [-0.1, -0.05) is 52.9 Å². The van der Waals surface area contributed by atoms with Gasteiger partial charge in [0.1, 0.15) is 0 Å². The largest absolute Gasteiger partial charge is 0.374 e. The lowest BCUT2D eigenvalue weighted by molar-refractivity contribution is 0.0520. The summed E-state index contributed by atoms with van der Waals surface area (Å²) in [6.07, 6.45) is 1.50. The van der Waals surface area contributed by atoms with Crippen molar-refractivity contribution in [1.29, 1.82) is 0 Å². The van der Waals surface area contributed by atoms with Crippen molar-refractivity contribution in [3.63, 3.8) is 0 Å². The van der Waals surface area contributed by atoms with Crippen molar-refractivity contribution in [2.75, 3.05) is 4.43 Å². The molecule has 0 radical (unpaired) electrons. The first-order valence-electron chi connectivity index (χ1n) is 4.54. The van der Waals surface area contributed by atoms with Gasteiger partial charge < -0.3 is 4.74 Å². The van der Waals surface area contributed by atoms with E-state index in [4.69, 9.17) is 4.74 Å². The van der Waals surface area contributed by atoms with Crippen LogP contribution in [0.4, 0.5) is 0 Å². The van der Waals surface area contributed by atoms with E-state index in [1.54, 1.807) is 0 Å². The summed E-state index contributed by atoms with van der Waals surface area (Å²) in [6.45, 7) is 2.86. The topological polar surface area (TPSA) is 9.23 Å². The van der Waals surface area contributed by atoms with Gasteiger partial charge in [-0.15, -0.1) is 0 Å². The van der Waals surface area contributed by atoms with E-state index in [9.17, 15) is 0 Å². The summed E-state index contributed by atoms with van der Waals surface area (Å²) in [5, 5.41) is 0. The van der Waals surface area contributed by atoms with Gasteiger partial charge in [0.25, 0.3) is 0 Å². The third-order valence-corrected chi connectivity index (χ3v) is 2.52. The highest BCUT2D eigenvalue weighted by molar-refractivity contribution is 14.1. The van der Waals surface area contributed by atoms with Crippen molar-refractivity contribution < 1.29 is 4.74 Å².